The molecule has 148 valence electrons. The molecule has 6 heteroatoms. The van der Waals surface area contributed by atoms with Gasteiger partial charge in [0.15, 0.2) is 0 Å². The van der Waals surface area contributed by atoms with Crippen molar-refractivity contribution in [3.8, 4) is 5.69 Å². The predicted octanol–water partition coefficient (Wildman–Crippen LogP) is 4.45. The van der Waals surface area contributed by atoms with Crippen LogP contribution >= 0.6 is 15.9 Å². The van der Waals surface area contributed by atoms with E-state index < -0.39 is 0 Å². The molecule has 1 amide bonds. The summed E-state index contributed by atoms with van der Waals surface area (Å²) in [6.45, 7) is 0. The number of hydrogen-bond acceptors (Lipinski definition) is 3. The Morgan fingerprint density at radius 1 is 0.933 bits per heavy atom. The van der Waals surface area contributed by atoms with Gasteiger partial charge in [-0.3, -0.25) is 14.2 Å². The van der Waals surface area contributed by atoms with Crippen LogP contribution in [0.1, 0.15) is 17.3 Å². The van der Waals surface area contributed by atoms with Gasteiger partial charge in [-0.2, -0.15) is 0 Å². The van der Waals surface area contributed by atoms with Gasteiger partial charge in [-0.15, -0.1) is 0 Å². The molecule has 30 heavy (non-hydrogen) atoms. The highest BCUT2D eigenvalue weighted by atomic mass is 79.9. The Morgan fingerprint density at radius 2 is 1.63 bits per heavy atom. The quantitative estimate of drug-likeness (QED) is 0.454. The highest BCUT2D eigenvalue weighted by Gasteiger charge is 2.36. The van der Waals surface area contributed by atoms with Crippen LogP contribution < -0.4 is 10.5 Å². The minimum Gasteiger partial charge on any atom is -0.315 e. The lowest BCUT2D eigenvalue weighted by molar-refractivity contribution is -0.119. The predicted molar refractivity (Wildman–Crippen MR) is 121 cm³/mol. The molecule has 0 fully saturated rings. The molecular formula is C24H18BrN3O2. The van der Waals surface area contributed by atoms with E-state index >= 15 is 0 Å². The van der Waals surface area contributed by atoms with E-state index in [9.17, 15) is 9.59 Å². The molecule has 4 aromatic rings. The van der Waals surface area contributed by atoms with Crippen LogP contribution in [0.3, 0.4) is 0 Å². The number of benzene rings is 3. The summed E-state index contributed by atoms with van der Waals surface area (Å²) < 4.78 is 2.55. The smallest absolute Gasteiger partial charge is 0.265 e. The summed E-state index contributed by atoms with van der Waals surface area (Å²) in [6, 6.07) is 22.7. The first kappa shape index (κ1) is 18.8. The van der Waals surface area contributed by atoms with Gasteiger partial charge in [0.05, 0.1) is 22.5 Å². The minimum atomic E-state index is -0.374. The maximum absolute atomic E-state index is 13.4. The summed E-state index contributed by atoms with van der Waals surface area (Å²) in [7, 11) is 1.79. The summed E-state index contributed by atoms with van der Waals surface area (Å²) in [6.07, 6.45) is 0.344. The van der Waals surface area contributed by atoms with Gasteiger partial charge in [0, 0.05) is 23.6 Å². The van der Waals surface area contributed by atoms with Crippen LogP contribution in [0, 0.1) is 0 Å². The maximum Gasteiger partial charge on any atom is 0.265 e. The first-order chi connectivity index (χ1) is 14.5. The van der Waals surface area contributed by atoms with Gasteiger partial charge in [0.2, 0.25) is 5.91 Å². The van der Waals surface area contributed by atoms with Gasteiger partial charge < -0.3 is 4.90 Å². The molecule has 1 aromatic heterocycles. The van der Waals surface area contributed by atoms with Crippen molar-refractivity contribution < 1.29 is 4.79 Å². The van der Waals surface area contributed by atoms with Crippen molar-refractivity contribution in [2.75, 3.05) is 11.9 Å². The number of likely N-dealkylation sites (N-methyl/N-ethyl adjacent to an activating group) is 1. The van der Waals surface area contributed by atoms with Crippen LogP contribution in [-0.4, -0.2) is 22.5 Å². The molecule has 2 heterocycles. The SMILES string of the molecule is CN1C(=O)[C@H](Cc2nc3ccccc3c(=O)n2-c2ccc(Br)cc2)c2ccccc21. The average Bonchev–Trinajstić information content (AvgIpc) is 3.00. The molecule has 0 unspecified atom stereocenters. The molecule has 0 saturated heterocycles. The molecule has 0 radical (unpaired) electrons. The Balaban J connectivity index is 1.71. The summed E-state index contributed by atoms with van der Waals surface area (Å²) in [5.41, 5.74) is 3.10. The van der Waals surface area contributed by atoms with E-state index in [1.165, 1.54) is 0 Å². The second-order valence-electron chi connectivity index (χ2n) is 7.37. The van der Waals surface area contributed by atoms with E-state index in [4.69, 9.17) is 4.98 Å². The van der Waals surface area contributed by atoms with Crippen LogP contribution in [0.2, 0.25) is 0 Å². The number of amides is 1. The maximum atomic E-state index is 13.4. The fourth-order valence-electron chi connectivity index (χ4n) is 4.13. The highest BCUT2D eigenvalue weighted by Crippen LogP contribution is 2.38. The number of halogens is 1. The van der Waals surface area contributed by atoms with E-state index in [2.05, 4.69) is 15.9 Å². The number of carbonyl (C=O) groups excluding carboxylic acids is 1. The summed E-state index contributed by atoms with van der Waals surface area (Å²) in [4.78, 5) is 32.9. The van der Waals surface area contributed by atoms with Gasteiger partial charge in [0.25, 0.3) is 5.56 Å². The fraction of sp³-hybridized carbons (Fsp3) is 0.125. The Kier molecular flexibility index (Phi) is 4.51. The zero-order chi connectivity index (χ0) is 20.8. The molecule has 0 saturated carbocycles. The van der Waals surface area contributed by atoms with Gasteiger partial charge in [-0.05, 0) is 48.0 Å². The normalized spacial score (nSPS) is 15.6. The first-order valence-corrected chi connectivity index (χ1v) is 10.5. The number of rotatable bonds is 3. The lowest BCUT2D eigenvalue weighted by Gasteiger charge is -2.17. The number of fused-ring (bicyclic) bond motifs is 2. The summed E-state index contributed by atoms with van der Waals surface area (Å²) >= 11 is 3.45. The van der Waals surface area contributed by atoms with Gasteiger partial charge in [0.1, 0.15) is 5.82 Å². The number of para-hydroxylation sites is 2. The van der Waals surface area contributed by atoms with Crippen molar-refractivity contribution in [3.05, 3.63) is 99.0 Å². The molecular weight excluding hydrogens is 442 g/mol. The Labute approximate surface area is 181 Å². The number of aromatic nitrogens is 2. The highest BCUT2D eigenvalue weighted by molar-refractivity contribution is 9.10. The second kappa shape index (κ2) is 7.22. The number of carbonyl (C=O) groups is 1. The molecule has 0 aliphatic carbocycles. The third-order valence-electron chi connectivity index (χ3n) is 5.62. The van der Waals surface area contributed by atoms with Crippen LogP contribution in [-0.2, 0) is 11.2 Å². The summed E-state index contributed by atoms with van der Waals surface area (Å²) in [5, 5.41) is 0.555. The number of hydrogen-bond donors (Lipinski definition) is 0. The van der Waals surface area contributed by atoms with Crippen LogP contribution in [0.4, 0.5) is 5.69 Å². The van der Waals surface area contributed by atoms with E-state index in [1.807, 2.05) is 66.7 Å². The topological polar surface area (TPSA) is 55.2 Å². The molecule has 1 aliphatic rings. The Bertz CT molecular complexity index is 1340. The molecule has 0 N–H and O–H groups in total. The Morgan fingerprint density at radius 3 is 2.43 bits per heavy atom. The van der Waals surface area contributed by atoms with Crippen LogP contribution in [0.5, 0.6) is 0 Å². The number of anilines is 1. The van der Waals surface area contributed by atoms with Crippen molar-refractivity contribution in [1.29, 1.82) is 0 Å². The first-order valence-electron chi connectivity index (χ1n) is 9.67. The fourth-order valence-corrected chi connectivity index (χ4v) is 4.39. The summed E-state index contributed by atoms with van der Waals surface area (Å²) in [5.74, 6) is 0.214. The largest absolute Gasteiger partial charge is 0.315 e. The van der Waals surface area contributed by atoms with E-state index in [0.717, 1.165) is 21.4 Å². The molecule has 3 aromatic carbocycles. The monoisotopic (exact) mass is 459 g/mol. The van der Waals surface area contributed by atoms with E-state index in [0.29, 0.717) is 23.1 Å². The molecule has 5 rings (SSSR count). The standard InChI is InChI=1S/C24H18BrN3O2/c1-27-21-9-5-3-6-17(21)19(23(27)29)14-22-26-20-8-4-2-7-18(20)24(30)28(22)16-12-10-15(25)11-13-16/h2-13,19H,14H2,1H3/t19-/m1/s1. The second-order valence-corrected chi connectivity index (χ2v) is 8.29. The van der Waals surface area contributed by atoms with Crippen molar-refractivity contribution in [3.63, 3.8) is 0 Å². The number of nitrogens with zero attached hydrogens (tertiary/aromatic N) is 3. The van der Waals surface area contributed by atoms with E-state index in [1.54, 1.807) is 22.6 Å². The van der Waals surface area contributed by atoms with Gasteiger partial charge in [-0.25, -0.2) is 4.98 Å². The van der Waals surface area contributed by atoms with Crippen molar-refractivity contribution in [1.82, 2.24) is 9.55 Å². The average molecular weight is 460 g/mol. The molecule has 1 aliphatic heterocycles. The molecule has 0 bridgehead atoms. The minimum absolute atomic E-state index is 0.0148. The third kappa shape index (κ3) is 2.95. The van der Waals surface area contributed by atoms with Crippen molar-refractivity contribution in [2.24, 2.45) is 0 Å². The lowest BCUT2D eigenvalue weighted by Crippen LogP contribution is -2.29. The molecule has 5 nitrogen and oxygen atoms in total. The lowest BCUT2D eigenvalue weighted by atomic mass is 9.96. The van der Waals surface area contributed by atoms with Gasteiger partial charge >= 0.3 is 0 Å². The molecule has 0 spiro atoms. The van der Waals surface area contributed by atoms with E-state index in [-0.39, 0.29) is 17.4 Å². The van der Waals surface area contributed by atoms with Crippen molar-refractivity contribution in [2.45, 2.75) is 12.3 Å². The zero-order valence-electron chi connectivity index (χ0n) is 16.2. The zero-order valence-corrected chi connectivity index (χ0v) is 17.8. The molecule has 1 atom stereocenters. The Hall–Kier alpha value is -3.25. The third-order valence-corrected chi connectivity index (χ3v) is 6.15. The van der Waals surface area contributed by atoms with Crippen LogP contribution in [0.15, 0.2) is 82.1 Å². The van der Waals surface area contributed by atoms with Gasteiger partial charge in [-0.1, -0.05) is 46.3 Å². The van der Waals surface area contributed by atoms with Crippen LogP contribution in [0.25, 0.3) is 16.6 Å². The van der Waals surface area contributed by atoms with Crippen molar-refractivity contribution >= 4 is 38.4 Å².